The Morgan fingerprint density at radius 1 is 0.944 bits per heavy atom. The zero-order chi connectivity index (χ0) is 25.1. The maximum Gasteiger partial charge on any atom is 0.636 e. The molecule has 2 aliphatic rings. The molecule has 0 bridgehead atoms. The summed E-state index contributed by atoms with van der Waals surface area (Å²) in [6, 6.07) is 22.0. The number of nitriles is 1. The van der Waals surface area contributed by atoms with Gasteiger partial charge in [0.25, 0.3) is 0 Å². The average molecular weight is 482 g/mol. The molecule has 1 aliphatic carbocycles. The van der Waals surface area contributed by atoms with Gasteiger partial charge in [0.05, 0.1) is 24.7 Å². The predicted octanol–water partition coefficient (Wildman–Crippen LogP) is 3.14. The number of benzene rings is 3. The lowest BCUT2D eigenvalue weighted by atomic mass is 9.78. The van der Waals surface area contributed by atoms with Gasteiger partial charge in [-0.05, 0) is 67.9 Å². The van der Waals surface area contributed by atoms with Crippen molar-refractivity contribution in [3.63, 3.8) is 0 Å². The van der Waals surface area contributed by atoms with Gasteiger partial charge in [-0.1, -0.05) is 24.3 Å². The molecule has 1 fully saturated rings. The minimum atomic E-state index is -1.08. The quantitative estimate of drug-likeness (QED) is 0.512. The molecule has 1 heterocycles. The molecular weight excluding hydrogens is 459 g/mol. The normalized spacial score (nSPS) is 17.8. The summed E-state index contributed by atoms with van der Waals surface area (Å²) < 4.78 is 23.0. The van der Waals surface area contributed by atoms with Crippen molar-refractivity contribution in [2.75, 3.05) is 20.1 Å². The van der Waals surface area contributed by atoms with E-state index in [4.69, 9.17) is 24.0 Å². The van der Waals surface area contributed by atoms with Crippen LogP contribution in [0.15, 0.2) is 66.7 Å². The van der Waals surface area contributed by atoms with Crippen LogP contribution in [0.1, 0.15) is 29.2 Å². The van der Waals surface area contributed by atoms with E-state index < -0.39 is 19.1 Å². The zero-order valence-electron chi connectivity index (χ0n) is 19.7. The molecule has 1 aliphatic heterocycles. The van der Waals surface area contributed by atoms with Gasteiger partial charge in [-0.2, -0.15) is 5.26 Å². The molecule has 0 amide bonds. The number of carbonyl (C=O) groups excluding carboxylic acids is 2. The molecule has 1 saturated heterocycles. The van der Waals surface area contributed by atoms with E-state index in [0.29, 0.717) is 22.5 Å². The van der Waals surface area contributed by atoms with E-state index in [1.165, 1.54) is 4.90 Å². The number of nitrogens with zero attached hydrogens (tertiary/aromatic N) is 2. The second kappa shape index (κ2) is 10.1. The Labute approximate surface area is 209 Å². The minimum Gasteiger partial charge on any atom is -0.494 e. The molecule has 0 unspecified atom stereocenters. The van der Waals surface area contributed by atoms with E-state index in [-0.39, 0.29) is 19.2 Å². The predicted molar refractivity (Wildman–Crippen MR) is 131 cm³/mol. The number of likely N-dealkylation sites (N-methyl/N-ethyl adjacent to an activating group) is 1. The van der Waals surface area contributed by atoms with E-state index in [9.17, 15) is 9.59 Å². The van der Waals surface area contributed by atoms with Crippen LogP contribution in [0.3, 0.4) is 0 Å². The Bertz CT molecular complexity index is 1300. The summed E-state index contributed by atoms with van der Waals surface area (Å²) in [5.41, 5.74) is 3.30. The molecule has 0 aromatic heterocycles. The summed E-state index contributed by atoms with van der Waals surface area (Å²) in [7, 11) is 0.569. The van der Waals surface area contributed by atoms with Crippen molar-refractivity contribution in [1.82, 2.24) is 4.90 Å². The monoisotopic (exact) mass is 482 g/mol. The maximum atomic E-state index is 12.0. The van der Waals surface area contributed by atoms with Crippen LogP contribution in [-0.4, -0.2) is 44.1 Å². The fraction of sp³-hybridized carbons (Fsp3) is 0.222. The molecule has 3 aromatic carbocycles. The number of carbonyl (C=O) groups is 2. The molecule has 1 atom stereocenters. The van der Waals surface area contributed by atoms with Gasteiger partial charge in [0.2, 0.25) is 0 Å². The van der Waals surface area contributed by atoms with Crippen molar-refractivity contribution in [3.05, 3.63) is 83.4 Å². The van der Waals surface area contributed by atoms with Crippen LogP contribution in [0.5, 0.6) is 17.2 Å². The third kappa shape index (κ3) is 5.19. The fourth-order valence-electron chi connectivity index (χ4n) is 4.36. The first kappa shape index (κ1) is 23.5. The molecule has 0 radical (unpaired) electrons. The third-order valence-electron chi connectivity index (χ3n) is 6.09. The summed E-state index contributed by atoms with van der Waals surface area (Å²) in [5.74, 6) is 1.17. The number of rotatable bonds is 5. The molecule has 36 heavy (non-hydrogen) atoms. The van der Waals surface area contributed by atoms with Crippen molar-refractivity contribution in [2.24, 2.45) is 0 Å². The van der Waals surface area contributed by atoms with Crippen molar-refractivity contribution < 1.29 is 28.4 Å². The number of ether oxygens (including phenoxy) is 2. The van der Waals surface area contributed by atoms with Crippen LogP contribution in [0.2, 0.25) is 0 Å². The summed E-state index contributed by atoms with van der Waals surface area (Å²) in [4.78, 5) is 25.6. The highest BCUT2D eigenvalue weighted by molar-refractivity contribution is 6.64. The molecule has 8 nitrogen and oxygen atoms in total. The van der Waals surface area contributed by atoms with E-state index >= 15 is 0 Å². The summed E-state index contributed by atoms with van der Waals surface area (Å²) in [5, 5.41) is 8.98. The van der Waals surface area contributed by atoms with Gasteiger partial charge >= 0.3 is 19.1 Å². The Kier molecular flexibility index (Phi) is 6.61. The lowest BCUT2D eigenvalue weighted by molar-refractivity contribution is -0.145. The molecular formula is C27H23BN2O6. The molecule has 3 aromatic rings. The van der Waals surface area contributed by atoms with Crippen molar-refractivity contribution in [2.45, 2.75) is 18.9 Å². The SMILES string of the molecule is CN1CC(=O)OB(c2ccc(O[C@@H]3CCc4c(Oc5ccc(C#N)cc5)cccc43)cc2)OC(=O)C1. The van der Waals surface area contributed by atoms with Crippen molar-refractivity contribution in [1.29, 1.82) is 5.26 Å². The zero-order valence-corrected chi connectivity index (χ0v) is 19.7. The first-order chi connectivity index (χ1) is 17.5. The van der Waals surface area contributed by atoms with Crippen LogP contribution >= 0.6 is 0 Å². The van der Waals surface area contributed by atoms with Gasteiger partial charge in [-0.15, -0.1) is 0 Å². The van der Waals surface area contributed by atoms with Gasteiger partial charge in [-0.25, -0.2) is 0 Å². The smallest absolute Gasteiger partial charge is 0.494 e. The molecule has 0 N–H and O–H groups in total. The summed E-state index contributed by atoms with van der Waals surface area (Å²) in [6.45, 7) is 0.0372. The summed E-state index contributed by atoms with van der Waals surface area (Å²) >= 11 is 0. The minimum absolute atomic E-state index is 0.0186. The molecule has 0 spiro atoms. The number of hydrogen-bond acceptors (Lipinski definition) is 8. The second-order valence-corrected chi connectivity index (χ2v) is 8.76. The molecule has 5 rings (SSSR count). The average Bonchev–Trinajstić information content (AvgIpc) is 3.27. The highest BCUT2D eigenvalue weighted by Crippen LogP contribution is 2.40. The Morgan fingerprint density at radius 3 is 2.28 bits per heavy atom. The van der Waals surface area contributed by atoms with Crippen molar-refractivity contribution >= 4 is 24.5 Å². The highest BCUT2D eigenvalue weighted by atomic mass is 16.6. The highest BCUT2D eigenvalue weighted by Gasteiger charge is 2.34. The second-order valence-electron chi connectivity index (χ2n) is 8.76. The van der Waals surface area contributed by atoms with Crippen LogP contribution < -0.4 is 14.9 Å². The van der Waals surface area contributed by atoms with Gasteiger partial charge < -0.3 is 18.8 Å². The van der Waals surface area contributed by atoms with E-state index in [0.717, 1.165) is 29.7 Å². The Hall–Kier alpha value is -4.29. The van der Waals surface area contributed by atoms with Crippen LogP contribution in [-0.2, 0) is 25.3 Å². The van der Waals surface area contributed by atoms with Crippen LogP contribution in [0.4, 0.5) is 0 Å². The van der Waals surface area contributed by atoms with E-state index in [1.807, 2.05) is 18.2 Å². The lowest BCUT2D eigenvalue weighted by Crippen LogP contribution is -2.47. The number of fused-ring (bicyclic) bond motifs is 1. The largest absolute Gasteiger partial charge is 0.636 e. The maximum absolute atomic E-state index is 12.0. The van der Waals surface area contributed by atoms with Gasteiger partial charge in [-0.3, -0.25) is 14.5 Å². The fourth-order valence-corrected chi connectivity index (χ4v) is 4.36. The van der Waals surface area contributed by atoms with Crippen LogP contribution in [0.25, 0.3) is 0 Å². The van der Waals surface area contributed by atoms with Gasteiger partial charge in [0.15, 0.2) is 0 Å². The first-order valence-electron chi connectivity index (χ1n) is 11.6. The molecule has 9 heteroatoms. The van der Waals surface area contributed by atoms with Gasteiger partial charge in [0.1, 0.15) is 23.4 Å². The first-order valence-corrected chi connectivity index (χ1v) is 11.6. The van der Waals surface area contributed by atoms with E-state index in [1.54, 1.807) is 55.6 Å². The van der Waals surface area contributed by atoms with Crippen molar-refractivity contribution in [3.8, 4) is 23.3 Å². The van der Waals surface area contributed by atoms with Gasteiger partial charge in [0, 0.05) is 11.0 Å². The lowest BCUT2D eigenvalue weighted by Gasteiger charge is -2.22. The molecule has 0 saturated carbocycles. The Morgan fingerprint density at radius 2 is 1.61 bits per heavy atom. The third-order valence-corrected chi connectivity index (χ3v) is 6.09. The van der Waals surface area contributed by atoms with E-state index in [2.05, 4.69) is 6.07 Å². The Balaban J connectivity index is 1.27. The van der Waals surface area contributed by atoms with Crippen LogP contribution in [0, 0.1) is 11.3 Å². The summed E-state index contributed by atoms with van der Waals surface area (Å²) in [6.07, 6.45) is 1.48. The topological polar surface area (TPSA) is 98.1 Å². The number of hydrogen-bond donors (Lipinski definition) is 0. The molecule has 180 valence electrons. The standard InChI is InChI=1S/C27H23BN2O6/c1-30-16-26(31)35-28(36-27(32)17-30)19-7-11-21(12-8-19)34-25-14-13-23-22(25)3-2-4-24(23)33-20-9-5-18(15-29)6-10-20/h2-12,25H,13-14,16-17H2,1H3/t25-/m1/s1.